The van der Waals surface area contributed by atoms with Gasteiger partial charge in [-0.05, 0) is 48.9 Å². The monoisotopic (exact) mass is 413 g/mol. The maximum Gasteiger partial charge on any atom is 0.281 e. The fourth-order valence-corrected chi connectivity index (χ4v) is 2.80. The lowest BCUT2D eigenvalue weighted by atomic mass is 10.1. The van der Waals surface area contributed by atoms with E-state index in [0.717, 1.165) is 5.56 Å². The summed E-state index contributed by atoms with van der Waals surface area (Å²) >= 11 is 5.83. The normalized spacial score (nSPS) is 10.9. The van der Waals surface area contributed by atoms with Crippen LogP contribution in [-0.4, -0.2) is 24.2 Å². The highest BCUT2D eigenvalue weighted by Crippen LogP contribution is 2.33. The summed E-state index contributed by atoms with van der Waals surface area (Å²) in [5.74, 6) is 0.577. The number of aryl methyl sites for hydroxylation is 1. The van der Waals surface area contributed by atoms with Gasteiger partial charge in [0, 0.05) is 11.1 Å². The third-order valence-corrected chi connectivity index (χ3v) is 4.24. The minimum Gasteiger partial charge on any atom is -0.496 e. The second kappa shape index (κ2) is 8.57. The van der Waals surface area contributed by atoms with Crippen molar-refractivity contribution >= 4 is 29.4 Å². The van der Waals surface area contributed by atoms with E-state index in [-0.39, 0.29) is 22.0 Å². The number of rotatable bonds is 6. The molecule has 0 radical (unpaired) electrons. The van der Waals surface area contributed by atoms with Gasteiger partial charge in [0.05, 0.1) is 29.4 Å². The summed E-state index contributed by atoms with van der Waals surface area (Å²) in [7, 11) is 1.48. The molecule has 1 amide bonds. The van der Waals surface area contributed by atoms with Gasteiger partial charge in [0.25, 0.3) is 11.6 Å². The summed E-state index contributed by atoms with van der Waals surface area (Å²) in [4.78, 5) is 23.0. The van der Waals surface area contributed by atoms with E-state index >= 15 is 0 Å². The number of methoxy groups -OCH3 is 1. The lowest BCUT2D eigenvalue weighted by Gasteiger charge is -2.07. The molecule has 0 aliphatic heterocycles. The Morgan fingerprint density at radius 3 is 2.76 bits per heavy atom. The number of hydrogen-bond donors (Lipinski definition) is 1. The molecule has 0 atom stereocenters. The number of benzene rings is 2. The highest BCUT2D eigenvalue weighted by atomic mass is 35.5. The summed E-state index contributed by atoms with van der Waals surface area (Å²) in [6.45, 7) is 1.89. The molecule has 9 heteroatoms. The topological polar surface area (TPSA) is 107 Å². The number of nitro benzene ring substituents is 1. The minimum atomic E-state index is -0.535. The molecule has 1 aromatic heterocycles. The van der Waals surface area contributed by atoms with Crippen molar-refractivity contribution in [2.24, 2.45) is 5.10 Å². The lowest BCUT2D eigenvalue weighted by molar-refractivity contribution is -0.384. The van der Waals surface area contributed by atoms with Gasteiger partial charge >= 0.3 is 0 Å². The number of furan rings is 1. The molecule has 1 N–H and O–H groups in total. The molecule has 0 saturated heterocycles. The molecular weight excluding hydrogens is 398 g/mol. The van der Waals surface area contributed by atoms with Crippen LogP contribution in [0, 0.1) is 17.0 Å². The molecule has 148 valence electrons. The van der Waals surface area contributed by atoms with Crippen molar-refractivity contribution in [3.63, 3.8) is 0 Å². The van der Waals surface area contributed by atoms with Crippen LogP contribution in [0.5, 0.6) is 5.75 Å². The van der Waals surface area contributed by atoms with Crippen molar-refractivity contribution in [2.45, 2.75) is 6.92 Å². The maximum atomic E-state index is 12.3. The van der Waals surface area contributed by atoms with Gasteiger partial charge in [0.2, 0.25) is 0 Å². The highest BCUT2D eigenvalue weighted by Gasteiger charge is 2.18. The van der Waals surface area contributed by atoms with Crippen LogP contribution in [0.2, 0.25) is 5.02 Å². The van der Waals surface area contributed by atoms with Crippen molar-refractivity contribution in [1.29, 1.82) is 0 Å². The fourth-order valence-electron chi connectivity index (χ4n) is 2.63. The van der Waals surface area contributed by atoms with E-state index in [4.69, 9.17) is 20.8 Å². The lowest BCUT2D eigenvalue weighted by Crippen LogP contribution is -2.18. The SMILES string of the molecule is COc1cc(C)ccc1C(=O)N/N=C\c1ccc(-c2ccc(Cl)cc2[N+](=O)[O-])o1. The van der Waals surface area contributed by atoms with Crippen molar-refractivity contribution in [2.75, 3.05) is 7.11 Å². The van der Waals surface area contributed by atoms with Gasteiger partial charge in [-0.25, -0.2) is 5.43 Å². The third kappa shape index (κ3) is 4.61. The molecule has 0 unspecified atom stereocenters. The highest BCUT2D eigenvalue weighted by molar-refractivity contribution is 6.30. The number of nitrogens with one attached hydrogen (secondary N) is 1. The predicted octanol–water partition coefficient (Wildman–Crippen LogP) is 4.59. The van der Waals surface area contributed by atoms with Crippen LogP contribution in [0.4, 0.5) is 5.69 Å². The van der Waals surface area contributed by atoms with Gasteiger partial charge in [-0.3, -0.25) is 14.9 Å². The molecule has 1 heterocycles. The van der Waals surface area contributed by atoms with Gasteiger partial charge in [0.1, 0.15) is 17.3 Å². The summed E-state index contributed by atoms with van der Waals surface area (Å²) in [5, 5.41) is 15.3. The number of halogens is 1. The summed E-state index contributed by atoms with van der Waals surface area (Å²) in [6.07, 6.45) is 1.30. The van der Waals surface area contributed by atoms with Gasteiger partial charge in [0.15, 0.2) is 0 Å². The van der Waals surface area contributed by atoms with Crippen molar-refractivity contribution in [3.05, 3.63) is 80.6 Å². The second-order valence-electron chi connectivity index (χ2n) is 6.02. The molecule has 0 fully saturated rings. The molecule has 29 heavy (non-hydrogen) atoms. The molecular formula is C20H16ClN3O5. The number of amides is 1. The first kappa shape index (κ1) is 20.1. The Labute approximate surface area is 170 Å². The van der Waals surface area contributed by atoms with Crippen molar-refractivity contribution in [3.8, 4) is 17.1 Å². The third-order valence-electron chi connectivity index (χ3n) is 4.01. The summed E-state index contributed by atoms with van der Waals surface area (Å²) in [5.41, 5.74) is 3.81. The van der Waals surface area contributed by atoms with E-state index in [0.29, 0.717) is 17.1 Å². The molecule has 0 bridgehead atoms. The molecule has 0 aliphatic carbocycles. The number of nitro groups is 1. The zero-order valence-corrected chi connectivity index (χ0v) is 16.3. The number of hydrogen-bond acceptors (Lipinski definition) is 6. The van der Waals surface area contributed by atoms with Crippen LogP contribution >= 0.6 is 11.6 Å². The largest absolute Gasteiger partial charge is 0.496 e. The fraction of sp³-hybridized carbons (Fsp3) is 0.100. The average molecular weight is 414 g/mol. The van der Waals surface area contributed by atoms with E-state index in [2.05, 4.69) is 10.5 Å². The Hall–Kier alpha value is -3.65. The van der Waals surface area contributed by atoms with Gasteiger partial charge < -0.3 is 9.15 Å². The Morgan fingerprint density at radius 1 is 1.24 bits per heavy atom. The van der Waals surface area contributed by atoms with Gasteiger partial charge in [-0.2, -0.15) is 5.10 Å². The number of carbonyl (C=O) groups excluding carboxylic acids is 1. The number of hydrazone groups is 1. The van der Waals surface area contributed by atoms with E-state index < -0.39 is 10.8 Å². The summed E-state index contributed by atoms with van der Waals surface area (Å²) in [6, 6.07) is 12.6. The number of ether oxygens (including phenoxy) is 1. The zero-order chi connectivity index (χ0) is 21.0. The Balaban J connectivity index is 1.75. The van der Waals surface area contributed by atoms with E-state index in [1.807, 2.05) is 6.92 Å². The maximum absolute atomic E-state index is 12.3. The van der Waals surface area contributed by atoms with Crippen LogP contribution in [0.15, 0.2) is 58.0 Å². The first-order valence-corrected chi connectivity index (χ1v) is 8.79. The Bertz CT molecular complexity index is 1110. The van der Waals surface area contributed by atoms with Crippen LogP contribution in [0.25, 0.3) is 11.3 Å². The predicted molar refractivity (Wildman–Crippen MR) is 109 cm³/mol. The molecule has 0 aliphatic rings. The standard InChI is InChI=1S/C20H16ClN3O5/c1-12-3-6-16(19(9-12)28-2)20(25)23-22-11-14-5-8-18(29-14)15-7-4-13(21)10-17(15)24(26)27/h3-11H,1-2H3,(H,23,25)/b22-11-. The minimum absolute atomic E-state index is 0.171. The first-order chi connectivity index (χ1) is 13.9. The van der Waals surface area contributed by atoms with Crippen LogP contribution in [-0.2, 0) is 0 Å². The van der Waals surface area contributed by atoms with Crippen LogP contribution < -0.4 is 10.2 Å². The van der Waals surface area contributed by atoms with Crippen molar-refractivity contribution < 1.29 is 18.9 Å². The quantitative estimate of drug-likeness (QED) is 0.361. The second-order valence-corrected chi connectivity index (χ2v) is 6.46. The average Bonchev–Trinajstić information content (AvgIpc) is 3.16. The first-order valence-electron chi connectivity index (χ1n) is 8.41. The summed E-state index contributed by atoms with van der Waals surface area (Å²) < 4.78 is 10.8. The van der Waals surface area contributed by atoms with Crippen molar-refractivity contribution in [1.82, 2.24) is 5.43 Å². The molecule has 8 nitrogen and oxygen atoms in total. The van der Waals surface area contributed by atoms with E-state index in [9.17, 15) is 14.9 Å². The Kier molecular flexibility index (Phi) is 5.94. The van der Waals surface area contributed by atoms with E-state index in [1.54, 1.807) is 30.3 Å². The molecule has 3 rings (SSSR count). The smallest absolute Gasteiger partial charge is 0.281 e. The molecule has 3 aromatic rings. The Morgan fingerprint density at radius 2 is 2.03 bits per heavy atom. The van der Waals surface area contributed by atoms with Crippen LogP contribution in [0.3, 0.4) is 0 Å². The number of nitrogens with zero attached hydrogens (tertiary/aromatic N) is 2. The van der Waals surface area contributed by atoms with Crippen LogP contribution in [0.1, 0.15) is 21.7 Å². The van der Waals surface area contributed by atoms with Gasteiger partial charge in [-0.15, -0.1) is 0 Å². The van der Waals surface area contributed by atoms with Gasteiger partial charge in [-0.1, -0.05) is 17.7 Å². The molecule has 0 spiro atoms. The molecule has 2 aromatic carbocycles. The molecule has 0 saturated carbocycles. The van der Waals surface area contributed by atoms with E-state index in [1.165, 1.54) is 31.5 Å². The zero-order valence-electron chi connectivity index (χ0n) is 15.5. The number of carbonyl (C=O) groups is 1.